The Balaban J connectivity index is 1.81. The van der Waals surface area contributed by atoms with Gasteiger partial charge in [0.05, 0.1) is 17.4 Å². The Morgan fingerprint density at radius 3 is 2.95 bits per heavy atom. The molecule has 2 heterocycles. The van der Waals surface area contributed by atoms with Crippen LogP contribution in [-0.4, -0.2) is 24.1 Å². The molecular weight excluding hydrogens is 280 g/mol. The van der Waals surface area contributed by atoms with Crippen LogP contribution in [0.2, 0.25) is 0 Å². The average molecular weight is 302 g/mol. The van der Waals surface area contributed by atoms with E-state index in [1.165, 1.54) is 0 Å². The van der Waals surface area contributed by atoms with Gasteiger partial charge in [0.1, 0.15) is 17.2 Å². The van der Waals surface area contributed by atoms with Gasteiger partial charge >= 0.3 is 5.97 Å². The zero-order valence-corrected chi connectivity index (χ0v) is 13.1. The number of aromatic nitrogens is 1. The Labute approximate surface area is 130 Å². The zero-order chi connectivity index (χ0) is 15.6. The van der Waals surface area contributed by atoms with Gasteiger partial charge in [0.15, 0.2) is 0 Å². The molecule has 1 fully saturated rings. The van der Waals surface area contributed by atoms with Crippen molar-refractivity contribution >= 4 is 22.8 Å². The Kier molecular flexibility index (Phi) is 4.05. The van der Waals surface area contributed by atoms with Crippen molar-refractivity contribution in [2.24, 2.45) is 5.41 Å². The van der Waals surface area contributed by atoms with E-state index in [2.05, 4.69) is 10.3 Å². The Morgan fingerprint density at radius 1 is 1.45 bits per heavy atom. The van der Waals surface area contributed by atoms with Crippen LogP contribution in [-0.2, 0) is 9.53 Å². The van der Waals surface area contributed by atoms with E-state index in [1.54, 1.807) is 6.20 Å². The van der Waals surface area contributed by atoms with Crippen molar-refractivity contribution in [2.45, 2.75) is 39.5 Å². The maximum atomic E-state index is 12.4. The molecule has 0 unspecified atom stereocenters. The van der Waals surface area contributed by atoms with E-state index in [4.69, 9.17) is 9.15 Å². The molecule has 1 saturated carbocycles. The molecule has 118 valence electrons. The number of aryl methyl sites for hydroxylation is 1. The van der Waals surface area contributed by atoms with Crippen LogP contribution in [0.5, 0.6) is 0 Å². The molecule has 3 rings (SSSR count). The minimum atomic E-state index is -0.418. The van der Waals surface area contributed by atoms with Gasteiger partial charge in [0, 0.05) is 12.7 Å². The number of nitrogens with one attached hydrogen (secondary N) is 1. The predicted octanol–water partition coefficient (Wildman–Crippen LogP) is 3.67. The summed E-state index contributed by atoms with van der Waals surface area (Å²) in [6.45, 7) is 4.75. The van der Waals surface area contributed by atoms with Crippen molar-refractivity contribution in [1.29, 1.82) is 0 Å². The first-order valence-electron chi connectivity index (χ1n) is 7.91. The van der Waals surface area contributed by atoms with E-state index >= 15 is 0 Å². The lowest BCUT2D eigenvalue weighted by atomic mass is 9.86. The fourth-order valence-electron chi connectivity index (χ4n) is 3.27. The van der Waals surface area contributed by atoms with Gasteiger partial charge in [-0.2, -0.15) is 0 Å². The van der Waals surface area contributed by atoms with Gasteiger partial charge in [-0.05, 0) is 38.8 Å². The molecule has 1 aliphatic rings. The lowest BCUT2D eigenvalue weighted by Crippen LogP contribution is -2.37. The topological polar surface area (TPSA) is 64.4 Å². The molecule has 0 saturated heterocycles. The molecule has 2 aromatic rings. The smallest absolute Gasteiger partial charge is 0.313 e. The summed E-state index contributed by atoms with van der Waals surface area (Å²) in [5.74, 6) is 1.53. The first-order valence-corrected chi connectivity index (χ1v) is 7.91. The summed E-state index contributed by atoms with van der Waals surface area (Å²) in [7, 11) is 0. The third-order valence-electron chi connectivity index (χ3n) is 4.43. The molecule has 0 aliphatic heterocycles. The minimum Gasteiger partial charge on any atom is -0.466 e. The summed E-state index contributed by atoms with van der Waals surface area (Å²) >= 11 is 0. The van der Waals surface area contributed by atoms with E-state index in [-0.39, 0.29) is 5.97 Å². The Morgan fingerprint density at radius 2 is 2.23 bits per heavy atom. The number of furan rings is 1. The summed E-state index contributed by atoms with van der Waals surface area (Å²) in [4.78, 5) is 16.7. The molecule has 0 amide bonds. The van der Waals surface area contributed by atoms with Gasteiger partial charge in [-0.3, -0.25) is 4.79 Å². The Hall–Kier alpha value is -2.04. The average Bonchev–Trinajstić information content (AvgIpc) is 3.11. The maximum Gasteiger partial charge on any atom is 0.313 e. The number of ether oxygens (including phenoxy) is 1. The number of fused-ring (bicyclic) bond motifs is 1. The second-order valence-corrected chi connectivity index (χ2v) is 5.99. The number of nitrogens with zero attached hydrogens (tertiary/aromatic N) is 1. The number of rotatable bonds is 5. The van der Waals surface area contributed by atoms with Crippen molar-refractivity contribution in [1.82, 2.24) is 4.98 Å². The summed E-state index contributed by atoms with van der Waals surface area (Å²) < 4.78 is 10.9. The monoisotopic (exact) mass is 302 g/mol. The fourth-order valence-corrected chi connectivity index (χ4v) is 3.27. The third-order valence-corrected chi connectivity index (χ3v) is 4.43. The van der Waals surface area contributed by atoms with Gasteiger partial charge in [-0.1, -0.05) is 12.8 Å². The summed E-state index contributed by atoms with van der Waals surface area (Å²) in [5.41, 5.74) is 0.394. The molecule has 1 aliphatic carbocycles. The SMILES string of the molecule is CCOC(=O)C1(CNc2nccc3oc(C)cc23)CCCC1. The van der Waals surface area contributed by atoms with Crippen LogP contribution >= 0.6 is 0 Å². The van der Waals surface area contributed by atoms with Gasteiger partial charge in [0.25, 0.3) is 0 Å². The lowest BCUT2D eigenvalue weighted by molar-refractivity contribution is -0.154. The normalized spacial score (nSPS) is 16.8. The quantitative estimate of drug-likeness (QED) is 0.854. The number of carbonyl (C=O) groups is 1. The molecule has 0 radical (unpaired) electrons. The maximum absolute atomic E-state index is 12.4. The molecule has 5 nitrogen and oxygen atoms in total. The first-order chi connectivity index (χ1) is 10.6. The first kappa shape index (κ1) is 14.9. The van der Waals surface area contributed by atoms with Crippen LogP contribution in [0.4, 0.5) is 5.82 Å². The number of esters is 1. The molecule has 5 heteroatoms. The summed E-state index contributed by atoms with van der Waals surface area (Å²) in [6, 6.07) is 3.82. The number of carbonyl (C=O) groups excluding carboxylic acids is 1. The molecule has 0 bridgehead atoms. The summed E-state index contributed by atoms with van der Waals surface area (Å²) in [5, 5.41) is 4.31. The highest BCUT2D eigenvalue weighted by Crippen LogP contribution is 2.39. The third kappa shape index (κ3) is 2.67. The van der Waals surface area contributed by atoms with Crippen molar-refractivity contribution in [2.75, 3.05) is 18.5 Å². The molecule has 2 aromatic heterocycles. The van der Waals surface area contributed by atoms with E-state index in [9.17, 15) is 4.79 Å². The minimum absolute atomic E-state index is 0.0875. The molecule has 22 heavy (non-hydrogen) atoms. The van der Waals surface area contributed by atoms with E-state index in [1.807, 2.05) is 26.0 Å². The molecule has 1 N–H and O–H groups in total. The van der Waals surface area contributed by atoms with Crippen molar-refractivity contribution in [3.05, 3.63) is 24.1 Å². The standard InChI is InChI=1S/C17H22N2O3/c1-3-21-16(20)17(7-4-5-8-17)11-19-15-13-10-12(2)22-14(13)6-9-18-15/h6,9-10H,3-5,7-8,11H2,1-2H3,(H,18,19). The molecule has 0 atom stereocenters. The number of anilines is 1. The second kappa shape index (κ2) is 5.99. The van der Waals surface area contributed by atoms with E-state index < -0.39 is 5.41 Å². The highest BCUT2D eigenvalue weighted by Gasteiger charge is 2.42. The predicted molar refractivity (Wildman–Crippen MR) is 84.8 cm³/mol. The number of hydrogen-bond donors (Lipinski definition) is 1. The Bertz CT molecular complexity index is 672. The van der Waals surface area contributed by atoms with Crippen molar-refractivity contribution in [3.8, 4) is 0 Å². The molecule has 0 aromatic carbocycles. The van der Waals surface area contributed by atoms with Crippen LogP contribution in [0.25, 0.3) is 11.0 Å². The van der Waals surface area contributed by atoms with Gasteiger partial charge in [-0.25, -0.2) is 4.98 Å². The van der Waals surface area contributed by atoms with E-state index in [0.717, 1.165) is 48.2 Å². The highest BCUT2D eigenvalue weighted by molar-refractivity contribution is 5.89. The van der Waals surface area contributed by atoms with E-state index in [0.29, 0.717) is 13.2 Å². The number of pyridine rings is 1. The van der Waals surface area contributed by atoms with Crippen molar-refractivity contribution < 1.29 is 13.9 Å². The van der Waals surface area contributed by atoms with Gasteiger partial charge in [0.2, 0.25) is 0 Å². The fraction of sp³-hybridized carbons (Fsp3) is 0.529. The zero-order valence-electron chi connectivity index (χ0n) is 13.1. The van der Waals surface area contributed by atoms with Gasteiger partial charge in [-0.15, -0.1) is 0 Å². The number of hydrogen-bond acceptors (Lipinski definition) is 5. The van der Waals surface area contributed by atoms with Crippen LogP contribution < -0.4 is 5.32 Å². The second-order valence-electron chi connectivity index (χ2n) is 5.99. The van der Waals surface area contributed by atoms with Crippen molar-refractivity contribution in [3.63, 3.8) is 0 Å². The van der Waals surface area contributed by atoms with Crippen LogP contribution in [0, 0.1) is 12.3 Å². The lowest BCUT2D eigenvalue weighted by Gasteiger charge is -2.27. The summed E-state index contributed by atoms with van der Waals surface area (Å²) in [6.07, 6.45) is 5.61. The highest BCUT2D eigenvalue weighted by atomic mass is 16.5. The largest absolute Gasteiger partial charge is 0.466 e. The van der Waals surface area contributed by atoms with Crippen LogP contribution in [0.15, 0.2) is 22.7 Å². The van der Waals surface area contributed by atoms with Crippen LogP contribution in [0.1, 0.15) is 38.4 Å². The van der Waals surface area contributed by atoms with Gasteiger partial charge < -0.3 is 14.5 Å². The van der Waals surface area contributed by atoms with Crippen LogP contribution in [0.3, 0.4) is 0 Å². The molecule has 0 spiro atoms. The molecular formula is C17H22N2O3.